The average molecular weight is 290 g/mol. The van der Waals surface area contributed by atoms with Crippen LogP contribution in [0.1, 0.15) is 42.9 Å². The maximum atomic E-state index is 10.3. The summed E-state index contributed by atoms with van der Waals surface area (Å²) in [7, 11) is 1.64. The summed E-state index contributed by atoms with van der Waals surface area (Å²) in [6, 6.07) is 10.4. The van der Waals surface area contributed by atoms with Crippen molar-refractivity contribution in [3.63, 3.8) is 0 Å². The van der Waals surface area contributed by atoms with Gasteiger partial charge in [-0.1, -0.05) is 45.0 Å². The molecule has 0 saturated carbocycles. The van der Waals surface area contributed by atoms with Crippen LogP contribution < -0.4 is 4.74 Å². The highest BCUT2D eigenvalue weighted by Crippen LogP contribution is 2.29. The molecular weight excluding hydrogens is 268 g/mol. The molecular formula is C17H22O2S. The molecule has 0 aliphatic rings. The van der Waals surface area contributed by atoms with Gasteiger partial charge in [0.2, 0.25) is 0 Å². The van der Waals surface area contributed by atoms with Crippen molar-refractivity contribution in [1.82, 2.24) is 0 Å². The molecule has 0 saturated heterocycles. The van der Waals surface area contributed by atoms with Gasteiger partial charge in [0.1, 0.15) is 5.75 Å². The third-order valence-corrected chi connectivity index (χ3v) is 4.42. The van der Waals surface area contributed by atoms with Gasteiger partial charge in [-0.3, -0.25) is 0 Å². The fourth-order valence-corrected chi connectivity index (χ4v) is 2.92. The minimum Gasteiger partial charge on any atom is -0.496 e. The van der Waals surface area contributed by atoms with E-state index in [2.05, 4.69) is 45.0 Å². The van der Waals surface area contributed by atoms with Crippen molar-refractivity contribution in [2.45, 2.75) is 38.7 Å². The Morgan fingerprint density at radius 3 is 2.35 bits per heavy atom. The zero-order valence-electron chi connectivity index (χ0n) is 12.5. The summed E-state index contributed by atoms with van der Waals surface area (Å²) in [5.41, 5.74) is 2.63. The van der Waals surface area contributed by atoms with Gasteiger partial charge < -0.3 is 9.84 Å². The molecule has 1 atom stereocenters. The maximum Gasteiger partial charge on any atom is 0.129 e. The van der Waals surface area contributed by atoms with E-state index in [1.54, 1.807) is 7.11 Å². The van der Waals surface area contributed by atoms with Crippen molar-refractivity contribution in [3.8, 4) is 5.75 Å². The molecule has 1 aromatic carbocycles. The lowest BCUT2D eigenvalue weighted by atomic mass is 9.86. The quantitative estimate of drug-likeness (QED) is 0.908. The Hall–Kier alpha value is -1.32. The Balaban J connectivity index is 2.06. The van der Waals surface area contributed by atoms with Gasteiger partial charge in [0.15, 0.2) is 0 Å². The van der Waals surface area contributed by atoms with Crippen LogP contribution in [0, 0.1) is 0 Å². The fraction of sp³-hybridized carbons (Fsp3) is 0.412. The molecule has 0 bridgehead atoms. The topological polar surface area (TPSA) is 29.5 Å². The number of methoxy groups -OCH3 is 1. The molecule has 108 valence electrons. The maximum absolute atomic E-state index is 10.3. The third-order valence-electron chi connectivity index (χ3n) is 3.41. The molecule has 20 heavy (non-hydrogen) atoms. The van der Waals surface area contributed by atoms with E-state index in [9.17, 15) is 5.11 Å². The van der Waals surface area contributed by atoms with Gasteiger partial charge in [-0.05, 0) is 22.6 Å². The predicted octanol–water partition coefficient (Wildman–Crippen LogP) is 4.33. The standard InChI is InChI=1S/C17H22O2S/c1-17(2,3)13-7-5-12(6-8-13)9-15(18)16-10-14(19-4)11-20-16/h5-8,10-11,15,18H,9H2,1-4H3. The van der Waals surface area contributed by atoms with E-state index in [0.717, 1.165) is 16.2 Å². The van der Waals surface area contributed by atoms with E-state index >= 15 is 0 Å². The molecule has 0 aliphatic heterocycles. The summed E-state index contributed by atoms with van der Waals surface area (Å²) < 4.78 is 5.15. The lowest BCUT2D eigenvalue weighted by Gasteiger charge is -2.19. The van der Waals surface area contributed by atoms with Crippen molar-refractivity contribution >= 4 is 11.3 Å². The highest BCUT2D eigenvalue weighted by molar-refractivity contribution is 7.10. The van der Waals surface area contributed by atoms with Gasteiger partial charge in [0, 0.05) is 16.7 Å². The zero-order chi connectivity index (χ0) is 14.8. The molecule has 1 heterocycles. The third kappa shape index (κ3) is 3.62. The number of hydrogen-bond acceptors (Lipinski definition) is 3. The molecule has 0 fully saturated rings. The van der Waals surface area contributed by atoms with Crippen LogP contribution in [-0.2, 0) is 11.8 Å². The van der Waals surface area contributed by atoms with Crippen LogP contribution in [0.3, 0.4) is 0 Å². The number of thiophene rings is 1. The van der Waals surface area contributed by atoms with Gasteiger partial charge in [-0.2, -0.15) is 0 Å². The number of hydrogen-bond donors (Lipinski definition) is 1. The van der Waals surface area contributed by atoms with Crippen LogP contribution in [-0.4, -0.2) is 12.2 Å². The minimum atomic E-state index is -0.468. The predicted molar refractivity (Wildman–Crippen MR) is 84.7 cm³/mol. The van der Waals surface area contributed by atoms with E-state index in [1.807, 2.05) is 11.4 Å². The Morgan fingerprint density at radius 2 is 1.85 bits per heavy atom. The SMILES string of the molecule is COc1csc(C(O)Cc2ccc(C(C)(C)C)cc2)c1. The molecule has 2 nitrogen and oxygen atoms in total. The molecule has 3 heteroatoms. The molecule has 2 aromatic rings. The first kappa shape index (κ1) is 15.1. The molecule has 1 aromatic heterocycles. The molecule has 0 radical (unpaired) electrons. The van der Waals surface area contributed by atoms with E-state index in [4.69, 9.17) is 4.74 Å². The van der Waals surface area contributed by atoms with Crippen LogP contribution in [0.5, 0.6) is 5.75 Å². The van der Waals surface area contributed by atoms with Gasteiger partial charge in [-0.25, -0.2) is 0 Å². The largest absolute Gasteiger partial charge is 0.496 e. The van der Waals surface area contributed by atoms with Crippen molar-refractivity contribution < 1.29 is 9.84 Å². The minimum absolute atomic E-state index is 0.165. The Labute approximate surface area is 125 Å². The fourth-order valence-electron chi connectivity index (χ4n) is 2.08. The normalized spacial score (nSPS) is 13.2. The molecule has 2 rings (SSSR count). The first-order chi connectivity index (χ1) is 9.40. The molecule has 0 aliphatic carbocycles. The van der Waals surface area contributed by atoms with Crippen molar-refractivity contribution in [3.05, 3.63) is 51.7 Å². The highest BCUT2D eigenvalue weighted by atomic mass is 32.1. The second-order valence-corrected chi connectivity index (χ2v) is 7.00. The first-order valence-corrected chi connectivity index (χ1v) is 7.68. The van der Waals surface area contributed by atoms with Gasteiger partial charge >= 0.3 is 0 Å². The summed E-state index contributed by atoms with van der Waals surface area (Å²) in [4.78, 5) is 0.946. The Kier molecular flexibility index (Phi) is 4.51. The molecule has 1 unspecified atom stereocenters. The van der Waals surface area contributed by atoms with Crippen molar-refractivity contribution in [2.24, 2.45) is 0 Å². The summed E-state index contributed by atoms with van der Waals surface area (Å²) in [6.45, 7) is 6.61. The molecule has 0 spiro atoms. The number of aliphatic hydroxyl groups is 1. The summed E-state index contributed by atoms with van der Waals surface area (Å²) in [5, 5.41) is 12.2. The monoisotopic (exact) mass is 290 g/mol. The zero-order valence-corrected chi connectivity index (χ0v) is 13.3. The lowest BCUT2D eigenvalue weighted by molar-refractivity contribution is 0.182. The van der Waals surface area contributed by atoms with E-state index in [-0.39, 0.29) is 5.41 Å². The van der Waals surface area contributed by atoms with Crippen LogP contribution in [0.2, 0.25) is 0 Å². The Bertz CT molecular complexity index is 549. The van der Waals surface area contributed by atoms with Gasteiger partial charge in [0.25, 0.3) is 0 Å². The van der Waals surface area contributed by atoms with Crippen LogP contribution in [0.15, 0.2) is 35.7 Å². The van der Waals surface area contributed by atoms with Gasteiger partial charge in [-0.15, -0.1) is 11.3 Å². The number of ether oxygens (including phenoxy) is 1. The highest BCUT2D eigenvalue weighted by Gasteiger charge is 2.15. The molecule has 1 N–H and O–H groups in total. The second kappa shape index (κ2) is 5.98. The van der Waals surface area contributed by atoms with E-state index in [1.165, 1.54) is 16.9 Å². The lowest BCUT2D eigenvalue weighted by Crippen LogP contribution is -2.11. The first-order valence-electron chi connectivity index (χ1n) is 6.80. The number of rotatable bonds is 4. The molecule has 0 amide bonds. The van der Waals surface area contributed by atoms with Crippen LogP contribution in [0.25, 0.3) is 0 Å². The number of benzene rings is 1. The van der Waals surface area contributed by atoms with Crippen LogP contribution >= 0.6 is 11.3 Å². The van der Waals surface area contributed by atoms with Crippen molar-refractivity contribution in [2.75, 3.05) is 7.11 Å². The Morgan fingerprint density at radius 1 is 1.20 bits per heavy atom. The smallest absolute Gasteiger partial charge is 0.129 e. The summed E-state index contributed by atoms with van der Waals surface area (Å²) in [6.07, 6.45) is 0.165. The second-order valence-electron chi connectivity index (χ2n) is 6.06. The van der Waals surface area contributed by atoms with E-state index < -0.39 is 6.10 Å². The summed E-state index contributed by atoms with van der Waals surface area (Å²) in [5.74, 6) is 0.812. The van der Waals surface area contributed by atoms with Crippen LogP contribution in [0.4, 0.5) is 0 Å². The number of aliphatic hydroxyl groups excluding tert-OH is 1. The van der Waals surface area contributed by atoms with Gasteiger partial charge in [0.05, 0.1) is 13.2 Å². The summed E-state index contributed by atoms with van der Waals surface area (Å²) >= 11 is 1.53. The average Bonchev–Trinajstić information content (AvgIpc) is 2.87. The van der Waals surface area contributed by atoms with E-state index in [0.29, 0.717) is 6.42 Å². The van der Waals surface area contributed by atoms with Crippen molar-refractivity contribution in [1.29, 1.82) is 0 Å².